The maximum atomic E-state index is 5.78. The lowest BCUT2D eigenvalue weighted by Crippen LogP contribution is -2.23. The number of hydrogen-bond donors (Lipinski definition) is 2. The third-order valence-electron chi connectivity index (χ3n) is 2.62. The highest BCUT2D eigenvalue weighted by Gasteiger charge is 2.13. The van der Waals surface area contributed by atoms with Crippen molar-refractivity contribution in [3.05, 3.63) is 11.2 Å². The van der Waals surface area contributed by atoms with Gasteiger partial charge in [0.15, 0.2) is 0 Å². The highest BCUT2D eigenvalue weighted by molar-refractivity contribution is 6.29. The van der Waals surface area contributed by atoms with E-state index >= 15 is 0 Å². The van der Waals surface area contributed by atoms with Crippen molar-refractivity contribution in [2.24, 2.45) is 5.92 Å². The minimum atomic E-state index is 0.196. The smallest absolute Gasteiger partial charge is 0.223 e. The summed E-state index contributed by atoms with van der Waals surface area (Å²) in [6.07, 6.45) is 2.17. The Morgan fingerprint density at radius 2 is 2.19 bits per heavy atom. The second kappa shape index (κ2) is 5.32. The fourth-order valence-electron chi connectivity index (χ4n) is 1.73. The summed E-state index contributed by atoms with van der Waals surface area (Å²) in [6, 6.07) is 1.68. The van der Waals surface area contributed by atoms with Crippen LogP contribution in [0.25, 0.3) is 0 Å². The first-order valence-corrected chi connectivity index (χ1v) is 5.73. The van der Waals surface area contributed by atoms with E-state index < -0.39 is 0 Å². The van der Waals surface area contributed by atoms with E-state index in [0.717, 1.165) is 32.6 Å². The van der Waals surface area contributed by atoms with Gasteiger partial charge in [-0.1, -0.05) is 11.6 Å². The van der Waals surface area contributed by atoms with E-state index in [1.165, 1.54) is 0 Å². The van der Waals surface area contributed by atoms with E-state index in [4.69, 9.17) is 22.1 Å². The van der Waals surface area contributed by atoms with Gasteiger partial charge in [-0.25, -0.2) is 4.98 Å². The van der Waals surface area contributed by atoms with E-state index in [0.29, 0.717) is 16.9 Å². The number of nitrogen functional groups attached to an aromatic ring is 1. The van der Waals surface area contributed by atoms with Crippen molar-refractivity contribution in [3.8, 4) is 0 Å². The summed E-state index contributed by atoms with van der Waals surface area (Å²) in [7, 11) is 0. The van der Waals surface area contributed by atoms with Gasteiger partial charge in [0.2, 0.25) is 5.95 Å². The third kappa shape index (κ3) is 3.21. The molecule has 1 aromatic heterocycles. The Hall–Kier alpha value is -1.07. The second-order valence-electron chi connectivity index (χ2n) is 3.87. The zero-order chi connectivity index (χ0) is 11.4. The van der Waals surface area contributed by atoms with Crippen LogP contribution in [0.15, 0.2) is 6.07 Å². The minimum Gasteiger partial charge on any atom is -0.381 e. The predicted octanol–water partition coefficient (Wildman–Crippen LogP) is 1.55. The molecule has 0 unspecified atom stereocenters. The summed E-state index contributed by atoms with van der Waals surface area (Å²) in [5.41, 5.74) is 5.50. The molecule has 2 heterocycles. The number of anilines is 2. The highest BCUT2D eigenvalue weighted by atomic mass is 35.5. The summed E-state index contributed by atoms with van der Waals surface area (Å²) < 4.78 is 5.30. The monoisotopic (exact) mass is 242 g/mol. The normalized spacial score (nSPS) is 17.3. The Labute approximate surface area is 99.4 Å². The minimum absolute atomic E-state index is 0.196. The number of hydrogen-bond acceptors (Lipinski definition) is 5. The first kappa shape index (κ1) is 11.4. The summed E-state index contributed by atoms with van der Waals surface area (Å²) >= 11 is 5.78. The van der Waals surface area contributed by atoms with Gasteiger partial charge < -0.3 is 15.8 Å². The van der Waals surface area contributed by atoms with Crippen LogP contribution in [0, 0.1) is 5.92 Å². The van der Waals surface area contributed by atoms with Crippen molar-refractivity contribution in [1.29, 1.82) is 0 Å². The van der Waals surface area contributed by atoms with Gasteiger partial charge in [0.1, 0.15) is 11.0 Å². The molecule has 1 aliphatic heterocycles. The molecule has 1 saturated heterocycles. The Morgan fingerprint density at radius 3 is 2.88 bits per heavy atom. The third-order valence-corrected chi connectivity index (χ3v) is 2.82. The van der Waals surface area contributed by atoms with Gasteiger partial charge in [0.05, 0.1) is 0 Å². The molecule has 0 radical (unpaired) electrons. The summed E-state index contributed by atoms with van der Waals surface area (Å²) in [5, 5.41) is 3.59. The van der Waals surface area contributed by atoms with Crippen molar-refractivity contribution in [3.63, 3.8) is 0 Å². The molecule has 0 aromatic carbocycles. The molecule has 0 aliphatic carbocycles. The fourth-order valence-corrected chi connectivity index (χ4v) is 1.92. The lowest BCUT2D eigenvalue weighted by atomic mass is 10.0. The molecule has 16 heavy (non-hydrogen) atoms. The van der Waals surface area contributed by atoms with Gasteiger partial charge in [-0.3, -0.25) is 0 Å². The van der Waals surface area contributed by atoms with Crippen LogP contribution in [-0.2, 0) is 4.74 Å². The molecule has 0 bridgehead atoms. The predicted molar refractivity (Wildman–Crippen MR) is 63.5 cm³/mol. The van der Waals surface area contributed by atoms with Gasteiger partial charge >= 0.3 is 0 Å². The lowest BCUT2D eigenvalue weighted by Gasteiger charge is -2.22. The number of aromatic nitrogens is 2. The van der Waals surface area contributed by atoms with Crippen LogP contribution in [0.1, 0.15) is 12.8 Å². The Kier molecular flexibility index (Phi) is 3.79. The zero-order valence-corrected chi connectivity index (χ0v) is 9.70. The van der Waals surface area contributed by atoms with Gasteiger partial charge in [0.25, 0.3) is 0 Å². The molecular formula is C10H15ClN4O. The SMILES string of the molecule is Nc1nc(Cl)cc(NCC2CCOCC2)n1. The van der Waals surface area contributed by atoms with E-state index in [1.807, 2.05) is 0 Å². The van der Waals surface area contributed by atoms with Crippen molar-refractivity contribution in [2.75, 3.05) is 30.8 Å². The molecule has 1 aliphatic rings. The molecule has 88 valence electrons. The molecule has 1 aromatic rings. The van der Waals surface area contributed by atoms with Crippen LogP contribution in [-0.4, -0.2) is 29.7 Å². The van der Waals surface area contributed by atoms with Crippen molar-refractivity contribution >= 4 is 23.4 Å². The standard InChI is InChI=1S/C10H15ClN4O/c11-8-5-9(15-10(12)14-8)13-6-7-1-3-16-4-2-7/h5,7H,1-4,6H2,(H3,12,13,14,15). The van der Waals surface area contributed by atoms with Crippen LogP contribution >= 0.6 is 11.6 Å². The van der Waals surface area contributed by atoms with Crippen molar-refractivity contribution < 1.29 is 4.74 Å². The molecule has 0 saturated carbocycles. The Balaban J connectivity index is 1.88. The Morgan fingerprint density at radius 1 is 1.44 bits per heavy atom. The first-order chi connectivity index (χ1) is 7.74. The molecule has 0 spiro atoms. The lowest BCUT2D eigenvalue weighted by molar-refractivity contribution is 0.0699. The highest BCUT2D eigenvalue weighted by Crippen LogP contribution is 2.17. The number of nitrogens with one attached hydrogen (secondary N) is 1. The van der Waals surface area contributed by atoms with Crippen molar-refractivity contribution in [2.45, 2.75) is 12.8 Å². The summed E-state index contributed by atoms with van der Waals surface area (Å²) in [5.74, 6) is 1.51. The maximum absolute atomic E-state index is 5.78. The van der Waals surface area contributed by atoms with Gasteiger partial charge in [-0.05, 0) is 18.8 Å². The summed E-state index contributed by atoms with van der Waals surface area (Å²) in [4.78, 5) is 7.86. The van der Waals surface area contributed by atoms with Crippen molar-refractivity contribution in [1.82, 2.24) is 9.97 Å². The number of halogens is 1. The average molecular weight is 243 g/mol. The molecular weight excluding hydrogens is 228 g/mol. The Bertz CT molecular complexity index is 334. The van der Waals surface area contributed by atoms with Crippen LogP contribution in [0.5, 0.6) is 0 Å². The molecule has 5 nitrogen and oxygen atoms in total. The zero-order valence-electron chi connectivity index (χ0n) is 8.95. The van der Waals surface area contributed by atoms with Gasteiger partial charge in [-0.15, -0.1) is 0 Å². The number of nitrogens with zero attached hydrogens (tertiary/aromatic N) is 2. The van der Waals surface area contributed by atoms with E-state index in [1.54, 1.807) is 6.07 Å². The average Bonchev–Trinajstić information content (AvgIpc) is 2.27. The number of nitrogens with two attached hydrogens (primary N) is 1. The summed E-state index contributed by atoms with van der Waals surface area (Å²) in [6.45, 7) is 2.56. The van der Waals surface area contributed by atoms with Crippen LogP contribution in [0.3, 0.4) is 0 Å². The second-order valence-corrected chi connectivity index (χ2v) is 4.26. The molecule has 1 fully saturated rings. The maximum Gasteiger partial charge on any atom is 0.223 e. The van der Waals surface area contributed by atoms with Gasteiger partial charge in [-0.2, -0.15) is 4.98 Å². The van der Waals surface area contributed by atoms with E-state index in [9.17, 15) is 0 Å². The van der Waals surface area contributed by atoms with Crippen LogP contribution < -0.4 is 11.1 Å². The molecule has 2 rings (SSSR count). The molecule has 0 atom stereocenters. The van der Waals surface area contributed by atoms with Crippen LogP contribution in [0.2, 0.25) is 5.15 Å². The number of ether oxygens (including phenoxy) is 1. The fraction of sp³-hybridized carbons (Fsp3) is 0.600. The first-order valence-electron chi connectivity index (χ1n) is 5.36. The number of rotatable bonds is 3. The van der Waals surface area contributed by atoms with Crippen LogP contribution in [0.4, 0.5) is 11.8 Å². The molecule has 0 amide bonds. The molecule has 3 N–H and O–H groups in total. The van der Waals surface area contributed by atoms with E-state index in [-0.39, 0.29) is 5.95 Å². The van der Waals surface area contributed by atoms with Gasteiger partial charge in [0, 0.05) is 25.8 Å². The topological polar surface area (TPSA) is 73.1 Å². The molecule has 6 heteroatoms. The largest absolute Gasteiger partial charge is 0.381 e. The van der Waals surface area contributed by atoms with E-state index in [2.05, 4.69) is 15.3 Å². The quantitative estimate of drug-likeness (QED) is 0.787.